The van der Waals surface area contributed by atoms with Gasteiger partial charge in [0.05, 0.1) is 13.7 Å². The maximum Gasteiger partial charge on any atom is 0.341 e. The first-order valence-electron chi connectivity index (χ1n) is 5.50. The minimum Gasteiger partial charge on any atom is -0.492 e. The van der Waals surface area contributed by atoms with Gasteiger partial charge in [-0.1, -0.05) is 36.4 Å². The zero-order valence-electron chi connectivity index (χ0n) is 9.68. The molecule has 0 radical (unpaired) electrons. The molecule has 88 valence electrons. The van der Waals surface area contributed by atoms with Gasteiger partial charge >= 0.3 is 5.97 Å². The highest BCUT2D eigenvalue weighted by Crippen LogP contribution is 2.24. The number of ether oxygens (including phenoxy) is 2. The Balaban J connectivity index is 2.48. The summed E-state index contributed by atoms with van der Waals surface area (Å²) in [6, 6.07) is 9.58. The molecule has 0 saturated carbocycles. The Morgan fingerprint density at radius 2 is 2.06 bits per heavy atom. The summed E-state index contributed by atoms with van der Waals surface area (Å²) in [7, 11) is 1.37. The molecule has 17 heavy (non-hydrogen) atoms. The third-order valence-electron chi connectivity index (χ3n) is 2.50. The molecule has 1 heterocycles. The number of methoxy groups -OCH3 is 1. The SMILES string of the molecule is COC(=O)C1=C(c2ccccc2)OCCC=C1. The van der Waals surface area contributed by atoms with E-state index in [-0.39, 0.29) is 5.97 Å². The summed E-state index contributed by atoms with van der Waals surface area (Å²) in [5, 5.41) is 0. The highest BCUT2D eigenvalue weighted by Gasteiger charge is 2.18. The fraction of sp³-hybridized carbons (Fsp3) is 0.214. The fourth-order valence-corrected chi connectivity index (χ4v) is 1.68. The standard InChI is InChI=1S/C14H14O3/c1-16-14(15)12-9-5-6-10-17-13(12)11-7-3-2-4-8-11/h2-5,7-9H,6,10H2,1H3. The summed E-state index contributed by atoms with van der Waals surface area (Å²) in [6.07, 6.45) is 4.47. The summed E-state index contributed by atoms with van der Waals surface area (Å²) in [5.74, 6) is 0.216. The monoisotopic (exact) mass is 230 g/mol. The lowest BCUT2D eigenvalue weighted by Crippen LogP contribution is -2.07. The second kappa shape index (κ2) is 5.34. The minimum absolute atomic E-state index is 0.373. The normalized spacial score (nSPS) is 15.1. The Morgan fingerprint density at radius 3 is 2.76 bits per heavy atom. The van der Waals surface area contributed by atoms with E-state index >= 15 is 0 Å². The number of carbonyl (C=O) groups is 1. The highest BCUT2D eigenvalue weighted by atomic mass is 16.5. The molecule has 1 aromatic rings. The molecule has 0 spiro atoms. The Labute approximate surface area is 100 Å². The Bertz CT molecular complexity index is 458. The van der Waals surface area contributed by atoms with Crippen LogP contribution in [-0.2, 0) is 14.3 Å². The van der Waals surface area contributed by atoms with E-state index in [0.717, 1.165) is 12.0 Å². The number of esters is 1. The molecule has 2 rings (SSSR count). The van der Waals surface area contributed by atoms with E-state index in [1.54, 1.807) is 6.08 Å². The van der Waals surface area contributed by atoms with E-state index in [1.165, 1.54) is 7.11 Å². The Morgan fingerprint density at radius 1 is 1.29 bits per heavy atom. The van der Waals surface area contributed by atoms with Gasteiger partial charge in [0.15, 0.2) is 0 Å². The van der Waals surface area contributed by atoms with Gasteiger partial charge in [0.1, 0.15) is 11.3 Å². The lowest BCUT2D eigenvalue weighted by Gasteiger charge is -2.11. The van der Waals surface area contributed by atoms with Crippen molar-refractivity contribution in [3.05, 3.63) is 53.6 Å². The molecule has 0 N–H and O–H groups in total. The molecule has 1 aliphatic rings. The van der Waals surface area contributed by atoms with Gasteiger partial charge in [0.25, 0.3) is 0 Å². The number of rotatable bonds is 2. The third-order valence-corrected chi connectivity index (χ3v) is 2.50. The molecule has 0 bridgehead atoms. The number of benzene rings is 1. The molecule has 0 aliphatic carbocycles. The molecular formula is C14H14O3. The second-order valence-electron chi connectivity index (χ2n) is 3.64. The van der Waals surface area contributed by atoms with Gasteiger partial charge in [-0.25, -0.2) is 4.79 Å². The van der Waals surface area contributed by atoms with E-state index < -0.39 is 0 Å². The van der Waals surface area contributed by atoms with E-state index in [0.29, 0.717) is 17.9 Å². The van der Waals surface area contributed by atoms with Crippen LogP contribution in [0.3, 0.4) is 0 Å². The number of hydrogen-bond acceptors (Lipinski definition) is 3. The molecule has 0 unspecified atom stereocenters. The fourth-order valence-electron chi connectivity index (χ4n) is 1.68. The van der Waals surface area contributed by atoms with E-state index in [4.69, 9.17) is 9.47 Å². The van der Waals surface area contributed by atoms with Crippen molar-refractivity contribution in [2.75, 3.05) is 13.7 Å². The molecular weight excluding hydrogens is 216 g/mol. The van der Waals surface area contributed by atoms with Crippen LogP contribution in [0.2, 0.25) is 0 Å². The quantitative estimate of drug-likeness (QED) is 0.732. The van der Waals surface area contributed by atoms with E-state index in [2.05, 4.69) is 0 Å². The van der Waals surface area contributed by atoms with Gasteiger partial charge in [0, 0.05) is 5.56 Å². The Kier molecular flexibility index (Phi) is 3.60. The van der Waals surface area contributed by atoms with Gasteiger partial charge in [-0.2, -0.15) is 0 Å². The van der Waals surface area contributed by atoms with Crippen LogP contribution in [0.4, 0.5) is 0 Å². The van der Waals surface area contributed by atoms with Crippen molar-refractivity contribution < 1.29 is 14.3 Å². The molecule has 0 saturated heterocycles. The maximum atomic E-state index is 11.7. The first-order valence-corrected chi connectivity index (χ1v) is 5.50. The van der Waals surface area contributed by atoms with Crippen LogP contribution in [0.15, 0.2) is 48.1 Å². The molecule has 3 nitrogen and oxygen atoms in total. The average molecular weight is 230 g/mol. The first-order chi connectivity index (χ1) is 8.33. The largest absolute Gasteiger partial charge is 0.492 e. The topological polar surface area (TPSA) is 35.5 Å². The summed E-state index contributed by atoms with van der Waals surface area (Å²) in [4.78, 5) is 11.7. The second-order valence-corrected chi connectivity index (χ2v) is 3.64. The van der Waals surface area contributed by atoms with Crippen LogP contribution in [0, 0.1) is 0 Å². The lowest BCUT2D eigenvalue weighted by atomic mass is 10.1. The van der Waals surface area contributed by atoms with Crippen LogP contribution in [0.5, 0.6) is 0 Å². The summed E-state index contributed by atoms with van der Waals surface area (Å²) in [6.45, 7) is 0.571. The zero-order chi connectivity index (χ0) is 12.1. The van der Waals surface area contributed by atoms with Crippen molar-refractivity contribution in [2.45, 2.75) is 6.42 Å². The molecule has 1 aliphatic heterocycles. The predicted molar refractivity (Wildman–Crippen MR) is 65.1 cm³/mol. The Hall–Kier alpha value is -2.03. The van der Waals surface area contributed by atoms with Crippen molar-refractivity contribution >= 4 is 11.7 Å². The van der Waals surface area contributed by atoms with E-state index in [1.807, 2.05) is 36.4 Å². The van der Waals surface area contributed by atoms with Gasteiger partial charge in [0.2, 0.25) is 0 Å². The first kappa shape index (κ1) is 11.5. The molecule has 0 amide bonds. The summed E-state index contributed by atoms with van der Waals surface area (Å²) >= 11 is 0. The molecule has 3 heteroatoms. The highest BCUT2D eigenvalue weighted by molar-refractivity contribution is 5.99. The van der Waals surface area contributed by atoms with Crippen molar-refractivity contribution in [3.63, 3.8) is 0 Å². The molecule has 0 fully saturated rings. The van der Waals surface area contributed by atoms with Crippen LogP contribution in [0.1, 0.15) is 12.0 Å². The van der Waals surface area contributed by atoms with Gasteiger partial charge < -0.3 is 9.47 Å². The van der Waals surface area contributed by atoms with Crippen LogP contribution in [0.25, 0.3) is 5.76 Å². The van der Waals surface area contributed by atoms with Crippen molar-refractivity contribution in [1.29, 1.82) is 0 Å². The third kappa shape index (κ3) is 2.56. The van der Waals surface area contributed by atoms with E-state index in [9.17, 15) is 4.79 Å². The maximum absolute atomic E-state index is 11.7. The van der Waals surface area contributed by atoms with Crippen molar-refractivity contribution in [1.82, 2.24) is 0 Å². The van der Waals surface area contributed by atoms with Crippen LogP contribution in [-0.4, -0.2) is 19.7 Å². The number of carbonyl (C=O) groups excluding carboxylic acids is 1. The molecule has 0 atom stereocenters. The van der Waals surface area contributed by atoms with Crippen LogP contribution < -0.4 is 0 Å². The summed E-state index contributed by atoms with van der Waals surface area (Å²) < 4.78 is 10.4. The summed E-state index contributed by atoms with van der Waals surface area (Å²) in [5.41, 5.74) is 1.36. The average Bonchev–Trinajstić information content (AvgIpc) is 2.64. The predicted octanol–water partition coefficient (Wildman–Crippen LogP) is 2.55. The molecule has 1 aromatic carbocycles. The smallest absolute Gasteiger partial charge is 0.341 e. The molecule has 0 aromatic heterocycles. The minimum atomic E-state index is -0.373. The van der Waals surface area contributed by atoms with Gasteiger partial charge in [-0.05, 0) is 12.5 Å². The van der Waals surface area contributed by atoms with Crippen molar-refractivity contribution in [2.24, 2.45) is 0 Å². The van der Waals surface area contributed by atoms with Gasteiger partial charge in [-0.3, -0.25) is 0 Å². The number of hydrogen-bond donors (Lipinski definition) is 0. The van der Waals surface area contributed by atoms with Gasteiger partial charge in [-0.15, -0.1) is 0 Å². The zero-order valence-corrected chi connectivity index (χ0v) is 9.68. The van der Waals surface area contributed by atoms with Crippen LogP contribution >= 0.6 is 0 Å². The lowest BCUT2D eigenvalue weighted by molar-refractivity contribution is -0.135. The van der Waals surface area contributed by atoms with Crippen molar-refractivity contribution in [3.8, 4) is 0 Å².